The molecule has 0 radical (unpaired) electrons. The van der Waals surface area contributed by atoms with E-state index in [2.05, 4.69) is 21.7 Å². The minimum atomic E-state index is 0.194. The van der Waals surface area contributed by atoms with Crippen molar-refractivity contribution >= 4 is 5.91 Å². The summed E-state index contributed by atoms with van der Waals surface area (Å²) in [5, 5.41) is 0. The van der Waals surface area contributed by atoms with Crippen LogP contribution in [0, 0.1) is 5.92 Å². The van der Waals surface area contributed by atoms with E-state index in [1.54, 1.807) is 7.11 Å². The van der Waals surface area contributed by atoms with Crippen molar-refractivity contribution in [3.8, 4) is 0 Å². The normalized spacial score (nSPS) is 30.9. The number of ether oxygens (including phenoxy) is 1. The molecule has 3 rings (SSSR count). The van der Waals surface area contributed by atoms with Crippen LogP contribution < -0.4 is 0 Å². The fourth-order valence-corrected chi connectivity index (χ4v) is 4.20. The number of likely N-dealkylation sites (tertiary alicyclic amines) is 1. The molecule has 2 saturated heterocycles. The second-order valence-electron chi connectivity index (χ2n) is 7.80. The first kappa shape index (κ1) is 17.2. The van der Waals surface area contributed by atoms with E-state index in [9.17, 15) is 4.79 Å². The Morgan fingerprint density at radius 3 is 2.78 bits per heavy atom. The van der Waals surface area contributed by atoms with Crippen LogP contribution >= 0.6 is 0 Å². The molecule has 3 fully saturated rings. The average molecular weight is 323 g/mol. The summed E-state index contributed by atoms with van der Waals surface area (Å²) in [6.07, 6.45) is 6.61. The predicted molar refractivity (Wildman–Crippen MR) is 91.4 cm³/mol. The maximum absolute atomic E-state index is 12.5. The maximum Gasteiger partial charge on any atom is 0.222 e. The summed E-state index contributed by atoms with van der Waals surface area (Å²) >= 11 is 0. The van der Waals surface area contributed by atoms with Gasteiger partial charge >= 0.3 is 0 Å². The Hall–Kier alpha value is -0.650. The molecule has 0 unspecified atom stereocenters. The van der Waals surface area contributed by atoms with Crippen molar-refractivity contribution in [3.05, 3.63) is 0 Å². The van der Waals surface area contributed by atoms with E-state index >= 15 is 0 Å². The largest absolute Gasteiger partial charge is 0.385 e. The Morgan fingerprint density at radius 2 is 2.04 bits per heavy atom. The van der Waals surface area contributed by atoms with Gasteiger partial charge in [0.05, 0.1) is 0 Å². The third kappa shape index (κ3) is 4.25. The highest BCUT2D eigenvalue weighted by Gasteiger charge is 2.42. The lowest BCUT2D eigenvalue weighted by molar-refractivity contribution is -0.131. The molecule has 0 aromatic rings. The molecular weight excluding hydrogens is 290 g/mol. The highest BCUT2D eigenvalue weighted by Crippen LogP contribution is 2.35. The number of amides is 1. The average Bonchev–Trinajstić information content (AvgIpc) is 3.37. The van der Waals surface area contributed by atoms with E-state index in [1.165, 1.54) is 12.8 Å². The topological polar surface area (TPSA) is 36.0 Å². The van der Waals surface area contributed by atoms with Crippen LogP contribution in [-0.2, 0) is 9.53 Å². The third-order valence-corrected chi connectivity index (χ3v) is 6.08. The Morgan fingerprint density at radius 1 is 1.22 bits per heavy atom. The van der Waals surface area contributed by atoms with Crippen LogP contribution in [0.2, 0.25) is 0 Å². The molecule has 2 heterocycles. The fraction of sp³-hybridized carbons (Fsp3) is 0.944. The third-order valence-electron chi connectivity index (χ3n) is 6.08. The van der Waals surface area contributed by atoms with Crippen molar-refractivity contribution in [1.82, 2.24) is 14.7 Å². The fourth-order valence-electron chi connectivity index (χ4n) is 4.20. The number of methoxy groups -OCH3 is 1. The Kier molecular flexibility index (Phi) is 5.60. The SMILES string of the molecule is COCCCN1CCN(C)[C@@]2(CCC(=O)N(CC3CC3)CC2)C1. The van der Waals surface area contributed by atoms with Crippen LogP contribution in [0.5, 0.6) is 0 Å². The van der Waals surface area contributed by atoms with Crippen molar-refractivity contribution in [2.75, 3.05) is 60.0 Å². The molecule has 1 spiro atoms. The summed E-state index contributed by atoms with van der Waals surface area (Å²) in [7, 11) is 4.03. The highest BCUT2D eigenvalue weighted by atomic mass is 16.5. The first-order valence-electron chi connectivity index (χ1n) is 9.33. The van der Waals surface area contributed by atoms with E-state index in [1.807, 2.05) is 0 Å². The minimum absolute atomic E-state index is 0.194. The van der Waals surface area contributed by atoms with Gasteiger partial charge in [0, 0.05) is 64.9 Å². The summed E-state index contributed by atoms with van der Waals surface area (Å²) in [5.41, 5.74) is 0.194. The zero-order valence-electron chi connectivity index (χ0n) is 14.9. The predicted octanol–water partition coefficient (Wildman–Crippen LogP) is 1.43. The van der Waals surface area contributed by atoms with E-state index in [0.717, 1.165) is 77.5 Å². The van der Waals surface area contributed by atoms with Crippen molar-refractivity contribution < 1.29 is 9.53 Å². The van der Waals surface area contributed by atoms with Crippen LogP contribution in [0.25, 0.3) is 0 Å². The lowest BCUT2D eigenvalue weighted by atomic mass is 9.86. The maximum atomic E-state index is 12.5. The number of piperazine rings is 1. The quantitative estimate of drug-likeness (QED) is 0.693. The zero-order chi connectivity index (χ0) is 16.3. The van der Waals surface area contributed by atoms with Crippen LogP contribution in [0.3, 0.4) is 0 Å². The van der Waals surface area contributed by atoms with Gasteiger partial charge in [-0.1, -0.05) is 0 Å². The van der Waals surface area contributed by atoms with Crippen LogP contribution in [-0.4, -0.2) is 86.2 Å². The summed E-state index contributed by atoms with van der Waals surface area (Å²) in [6.45, 7) is 7.28. The molecule has 1 aliphatic carbocycles. The lowest BCUT2D eigenvalue weighted by Crippen LogP contribution is -2.61. The van der Waals surface area contributed by atoms with Crippen LogP contribution in [0.1, 0.15) is 38.5 Å². The van der Waals surface area contributed by atoms with Gasteiger partial charge in [-0.15, -0.1) is 0 Å². The standard InChI is InChI=1S/C18H33N3O2/c1-19-11-12-20(9-3-13-23-2)15-18(19)7-6-17(22)21(10-8-18)14-16-4-5-16/h16H,3-15H2,1-2H3/t18-/m1/s1. The molecule has 0 aromatic heterocycles. The summed E-state index contributed by atoms with van der Waals surface area (Å²) < 4.78 is 5.19. The van der Waals surface area contributed by atoms with E-state index in [-0.39, 0.29) is 5.54 Å². The van der Waals surface area contributed by atoms with Gasteiger partial charge < -0.3 is 14.5 Å². The van der Waals surface area contributed by atoms with Gasteiger partial charge in [-0.05, 0) is 45.1 Å². The Balaban J connectivity index is 1.60. The monoisotopic (exact) mass is 323 g/mol. The van der Waals surface area contributed by atoms with Crippen molar-refractivity contribution in [2.24, 2.45) is 5.92 Å². The molecule has 0 N–H and O–H groups in total. The summed E-state index contributed by atoms with van der Waals surface area (Å²) in [5.74, 6) is 1.18. The van der Waals surface area contributed by atoms with Crippen molar-refractivity contribution in [1.29, 1.82) is 0 Å². The smallest absolute Gasteiger partial charge is 0.222 e. The molecule has 1 amide bonds. The van der Waals surface area contributed by atoms with Crippen molar-refractivity contribution in [2.45, 2.75) is 44.1 Å². The number of carbonyl (C=O) groups is 1. The lowest BCUT2D eigenvalue weighted by Gasteiger charge is -2.49. The molecule has 0 bridgehead atoms. The number of likely N-dealkylation sites (N-methyl/N-ethyl adjacent to an activating group) is 1. The van der Waals surface area contributed by atoms with E-state index in [4.69, 9.17) is 4.74 Å². The zero-order valence-corrected chi connectivity index (χ0v) is 14.9. The highest BCUT2D eigenvalue weighted by molar-refractivity contribution is 5.76. The molecular formula is C18H33N3O2. The van der Waals surface area contributed by atoms with E-state index < -0.39 is 0 Å². The van der Waals surface area contributed by atoms with Crippen molar-refractivity contribution in [3.63, 3.8) is 0 Å². The van der Waals surface area contributed by atoms with Gasteiger partial charge in [0.25, 0.3) is 0 Å². The number of hydrogen-bond acceptors (Lipinski definition) is 4. The number of hydrogen-bond donors (Lipinski definition) is 0. The van der Waals surface area contributed by atoms with E-state index in [0.29, 0.717) is 5.91 Å². The van der Waals surface area contributed by atoms with Crippen LogP contribution in [0.15, 0.2) is 0 Å². The molecule has 0 aromatic carbocycles. The van der Waals surface area contributed by atoms with Crippen LogP contribution in [0.4, 0.5) is 0 Å². The molecule has 5 nitrogen and oxygen atoms in total. The summed E-state index contributed by atoms with van der Waals surface area (Å²) in [4.78, 5) is 19.8. The van der Waals surface area contributed by atoms with Gasteiger partial charge in [-0.3, -0.25) is 9.69 Å². The Labute approximate surface area is 140 Å². The molecule has 1 saturated carbocycles. The molecule has 132 valence electrons. The first-order valence-corrected chi connectivity index (χ1v) is 9.33. The first-order chi connectivity index (χ1) is 11.1. The number of carbonyl (C=O) groups excluding carboxylic acids is 1. The van der Waals surface area contributed by atoms with Gasteiger partial charge in [0.1, 0.15) is 0 Å². The Bertz CT molecular complexity index is 413. The number of nitrogens with zero attached hydrogens (tertiary/aromatic N) is 3. The minimum Gasteiger partial charge on any atom is -0.385 e. The van der Waals surface area contributed by atoms with Gasteiger partial charge in [0.15, 0.2) is 0 Å². The summed E-state index contributed by atoms with van der Waals surface area (Å²) in [6, 6.07) is 0. The van der Waals surface area contributed by atoms with Gasteiger partial charge in [-0.2, -0.15) is 0 Å². The number of rotatable bonds is 6. The molecule has 1 atom stereocenters. The molecule has 23 heavy (non-hydrogen) atoms. The second kappa shape index (κ2) is 7.49. The molecule has 5 heteroatoms. The van der Waals surface area contributed by atoms with Gasteiger partial charge in [0.2, 0.25) is 5.91 Å². The molecule has 2 aliphatic heterocycles. The van der Waals surface area contributed by atoms with Gasteiger partial charge in [-0.25, -0.2) is 0 Å². The molecule has 3 aliphatic rings. The second-order valence-corrected chi connectivity index (χ2v) is 7.80.